The van der Waals surface area contributed by atoms with E-state index in [0.717, 1.165) is 31.6 Å². The Kier molecular flexibility index (Phi) is 3.21. The van der Waals surface area contributed by atoms with E-state index >= 15 is 0 Å². The van der Waals surface area contributed by atoms with Gasteiger partial charge in [0.2, 0.25) is 0 Å². The van der Waals surface area contributed by atoms with Crippen molar-refractivity contribution in [2.45, 2.75) is 26.7 Å². The summed E-state index contributed by atoms with van der Waals surface area (Å²) in [7, 11) is 0. The second-order valence-electron chi connectivity index (χ2n) is 4.71. The maximum absolute atomic E-state index is 11.9. The van der Waals surface area contributed by atoms with Crippen molar-refractivity contribution in [2.24, 2.45) is 5.92 Å². The van der Waals surface area contributed by atoms with Gasteiger partial charge in [0.25, 0.3) is 0 Å². The van der Waals surface area contributed by atoms with Crippen LogP contribution in [0.5, 0.6) is 0 Å². The lowest BCUT2D eigenvalue weighted by Crippen LogP contribution is -2.40. The molecule has 0 radical (unpaired) electrons. The number of nitrogens with two attached hydrogens (primary N) is 1. The summed E-state index contributed by atoms with van der Waals surface area (Å²) in [6, 6.07) is -0.116. The van der Waals surface area contributed by atoms with E-state index in [0.29, 0.717) is 17.4 Å². The number of nitrogens with zero attached hydrogens (tertiary/aromatic N) is 2. The number of anilines is 2. The van der Waals surface area contributed by atoms with Gasteiger partial charge in [0.1, 0.15) is 0 Å². The summed E-state index contributed by atoms with van der Waals surface area (Å²) < 4.78 is 0. The van der Waals surface area contributed by atoms with Gasteiger partial charge in [0.15, 0.2) is 5.82 Å². The molecule has 2 amide bonds. The van der Waals surface area contributed by atoms with E-state index in [9.17, 15) is 4.79 Å². The van der Waals surface area contributed by atoms with Crippen molar-refractivity contribution in [3.05, 3.63) is 5.69 Å². The number of likely N-dealkylation sites (tertiary alicyclic amines) is 1. The number of aromatic nitrogens is 2. The third-order valence-corrected chi connectivity index (χ3v) is 3.29. The third kappa shape index (κ3) is 2.51. The number of amides is 2. The molecule has 1 aliphatic rings. The SMILES string of the molecule is Cc1[nH]nc(NC(=O)N2CCC(C)CC2)c1N. The van der Waals surface area contributed by atoms with Crippen LogP contribution in [0.3, 0.4) is 0 Å². The zero-order chi connectivity index (χ0) is 12.4. The highest BCUT2D eigenvalue weighted by Gasteiger charge is 2.21. The molecular weight excluding hydrogens is 218 g/mol. The maximum Gasteiger partial charge on any atom is 0.323 e. The van der Waals surface area contributed by atoms with E-state index in [1.54, 1.807) is 0 Å². The summed E-state index contributed by atoms with van der Waals surface area (Å²) >= 11 is 0. The number of nitrogen functional groups attached to an aromatic ring is 1. The quantitative estimate of drug-likeness (QED) is 0.692. The number of hydrogen-bond donors (Lipinski definition) is 3. The monoisotopic (exact) mass is 237 g/mol. The minimum absolute atomic E-state index is 0.116. The van der Waals surface area contributed by atoms with Crippen LogP contribution in [-0.4, -0.2) is 34.2 Å². The fraction of sp³-hybridized carbons (Fsp3) is 0.636. The molecule has 1 aliphatic heterocycles. The molecule has 17 heavy (non-hydrogen) atoms. The molecule has 0 aromatic carbocycles. The highest BCUT2D eigenvalue weighted by molar-refractivity contribution is 5.91. The van der Waals surface area contributed by atoms with Crippen LogP contribution in [0.15, 0.2) is 0 Å². The second kappa shape index (κ2) is 4.65. The molecule has 6 nitrogen and oxygen atoms in total. The van der Waals surface area contributed by atoms with Crippen molar-refractivity contribution in [1.29, 1.82) is 0 Å². The Morgan fingerprint density at radius 3 is 2.71 bits per heavy atom. The molecule has 1 saturated heterocycles. The highest BCUT2D eigenvalue weighted by atomic mass is 16.2. The molecule has 6 heteroatoms. The predicted molar refractivity (Wildman–Crippen MR) is 66.7 cm³/mol. The number of nitrogens with one attached hydrogen (secondary N) is 2. The minimum atomic E-state index is -0.116. The number of piperidine rings is 1. The molecule has 2 heterocycles. The molecule has 0 saturated carbocycles. The molecule has 4 N–H and O–H groups in total. The molecule has 1 fully saturated rings. The van der Waals surface area contributed by atoms with Crippen molar-refractivity contribution >= 4 is 17.5 Å². The fourth-order valence-electron chi connectivity index (χ4n) is 1.93. The number of urea groups is 1. The average Bonchev–Trinajstić information content (AvgIpc) is 2.62. The van der Waals surface area contributed by atoms with Crippen LogP contribution in [0.2, 0.25) is 0 Å². The summed E-state index contributed by atoms with van der Waals surface area (Å²) in [6.45, 7) is 5.64. The number of aryl methyl sites for hydroxylation is 1. The Morgan fingerprint density at radius 2 is 2.18 bits per heavy atom. The Bertz CT molecular complexity index is 406. The maximum atomic E-state index is 11.9. The van der Waals surface area contributed by atoms with Crippen LogP contribution in [0.4, 0.5) is 16.3 Å². The van der Waals surface area contributed by atoms with Crippen molar-refractivity contribution in [2.75, 3.05) is 24.1 Å². The third-order valence-electron chi connectivity index (χ3n) is 3.29. The Balaban J connectivity index is 1.95. The van der Waals surface area contributed by atoms with Crippen molar-refractivity contribution in [3.8, 4) is 0 Å². The first-order valence-corrected chi connectivity index (χ1v) is 5.94. The largest absolute Gasteiger partial charge is 0.394 e. The first-order valence-electron chi connectivity index (χ1n) is 5.94. The molecule has 0 atom stereocenters. The molecule has 0 spiro atoms. The molecule has 0 aliphatic carbocycles. The summed E-state index contributed by atoms with van der Waals surface area (Å²) in [5.41, 5.74) is 7.05. The molecule has 2 rings (SSSR count). The average molecular weight is 237 g/mol. The van der Waals surface area contributed by atoms with Gasteiger partial charge in [-0.25, -0.2) is 4.79 Å². The van der Waals surface area contributed by atoms with E-state index in [-0.39, 0.29) is 6.03 Å². The summed E-state index contributed by atoms with van der Waals surface area (Å²) in [6.07, 6.45) is 2.12. The van der Waals surface area contributed by atoms with Gasteiger partial charge in [-0.2, -0.15) is 5.10 Å². The molecule has 0 unspecified atom stereocenters. The van der Waals surface area contributed by atoms with Gasteiger partial charge in [0.05, 0.1) is 11.4 Å². The van der Waals surface area contributed by atoms with E-state index in [1.807, 2.05) is 11.8 Å². The Hall–Kier alpha value is -1.72. The summed E-state index contributed by atoms with van der Waals surface area (Å²) in [5, 5.41) is 9.44. The lowest BCUT2D eigenvalue weighted by Gasteiger charge is -2.30. The highest BCUT2D eigenvalue weighted by Crippen LogP contribution is 2.20. The predicted octanol–water partition coefficient (Wildman–Crippen LogP) is 1.56. The van der Waals surface area contributed by atoms with Gasteiger partial charge in [-0.15, -0.1) is 0 Å². The molecule has 1 aromatic heterocycles. The van der Waals surface area contributed by atoms with E-state index in [2.05, 4.69) is 22.4 Å². The van der Waals surface area contributed by atoms with Gasteiger partial charge < -0.3 is 10.6 Å². The second-order valence-corrected chi connectivity index (χ2v) is 4.71. The molecule has 1 aromatic rings. The molecule has 0 bridgehead atoms. The number of hydrogen-bond acceptors (Lipinski definition) is 3. The summed E-state index contributed by atoms with van der Waals surface area (Å²) in [4.78, 5) is 13.8. The van der Waals surface area contributed by atoms with Gasteiger partial charge in [-0.1, -0.05) is 6.92 Å². The van der Waals surface area contributed by atoms with Crippen molar-refractivity contribution in [3.63, 3.8) is 0 Å². The van der Waals surface area contributed by atoms with E-state index < -0.39 is 0 Å². The lowest BCUT2D eigenvalue weighted by atomic mass is 10.00. The first kappa shape index (κ1) is 11.8. The van der Waals surface area contributed by atoms with Gasteiger partial charge in [-0.05, 0) is 25.7 Å². The zero-order valence-corrected chi connectivity index (χ0v) is 10.3. The normalized spacial score (nSPS) is 17.2. The van der Waals surface area contributed by atoms with Gasteiger partial charge in [-0.3, -0.25) is 10.4 Å². The summed E-state index contributed by atoms with van der Waals surface area (Å²) in [5.74, 6) is 1.13. The number of carbonyl (C=O) groups is 1. The smallest absolute Gasteiger partial charge is 0.323 e. The minimum Gasteiger partial charge on any atom is -0.394 e. The van der Waals surface area contributed by atoms with Crippen LogP contribution < -0.4 is 11.1 Å². The Labute approximate surface area is 101 Å². The van der Waals surface area contributed by atoms with Crippen LogP contribution >= 0.6 is 0 Å². The topological polar surface area (TPSA) is 87.0 Å². The molecule has 94 valence electrons. The number of aromatic amines is 1. The van der Waals surface area contributed by atoms with Gasteiger partial charge in [0, 0.05) is 13.1 Å². The number of carbonyl (C=O) groups excluding carboxylic acids is 1. The van der Waals surface area contributed by atoms with E-state index in [1.165, 1.54) is 0 Å². The number of rotatable bonds is 1. The van der Waals surface area contributed by atoms with Crippen LogP contribution in [0.25, 0.3) is 0 Å². The standard InChI is InChI=1S/C11H19N5O/c1-7-3-5-16(6-4-7)11(17)13-10-9(12)8(2)14-15-10/h7H,3-6,12H2,1-2H3,(H2,13,14,15,17). The van der Waals surface area contributed by atoms with Crippen molar-refractivity contribution < 1.29 is 4.79 Å². The zero-order valence-electron chi connectivity index (χ0n) is 10.3. The van der Waals surface area contributed by atoms with Crippen molar-refractivity contribution in [1.82, 2.24) is 15.1 Å². The Morgan fingerprint density at radius 1 is 1.53 bits per heavy atom. The van der Waals surface area contributed by atoms with Crippen LogP contribution in [0, 0.1) is 12.8 Å². The van der Waals surface area contributed by atoms with Crippen LogP contribution in [-0.2, 0) is 0 Å². The van der Waals surface area contributed by atoms with Gasteiger partial charge >= 0.3 is 6.03 Å². The van der Waals surface area contributed by atoms with E-state index in [4.69, 9.17) is 5.73 Å². The number of H-pyrrole nitrogens is 1. The lowest BCUT2D eigenvalue weighted by molar-refractivity contribution is 0.186. The fourth-order valence-corrected chi connectivity index (χ4v) is 1.93. The van der Waals surface area contributed by atoms with Crippen LogP contribution in [0.1, 0.15) is 25.5 Å². The molecular formula is C11H19N5O. The first-order chi connectivity index (χ1) is 8.08.